The number of pyridine rings is 1. The maximum atomic E-state index is 11.6. The summed E-state index contributed by atoms with van der Waals surface area (Å²) in [7, 11) is 0. The molecule has 0 bridgehead atoms. The van der Waals surface area contributed by atoms with Gasteiger partial charge in [-0.3, -0.25) is 19.3 Å². The number of anilines is 1. The lowest BCUT2D eigenvalue weighted by atomic mass is 10.3. The molecule has 1 fully saturated rings. The average molecular weight is 247 g/mol. The predicted octanol–water partition coefficient (Wildman–Crippen LogP) is 0.559. The molecule has 0 aromatic carbocycles. The van der Waals surface area contributed by atoms with Crippen LogP contribution < -0.4 is 5.32 Å². The first-order valence-electron chi connectivity index (χ1n) is 5.71. The van der Waals surface area contributed by atoms with Crippen molar-refractivity contribution in [1.82, 2.24) is 9.88 Å². The number of rotatable bonds is 4. The van der Waals surface area contributed by atoms with Crippen molar-refractivity contribution in [2.45, 2.75) is 19.3 Å². The minimum atomic E-state index is -0.263. The Kier molecular flexibility index (Phi) is 3.66. The molecule has 0 spiro atoms. The summed E-state index contributed by atoms with van der Waals surface area (Å²) in [6, 6.07) is 5.18. The third-order valence-electron chi connectivity index (χ3n) is 2.65. The number of imide groups is 1. The molecule has 1 aromatic rings. The Morgan fingerprint density at radius 2 is 2.00 bits per heavy atom. The third kappa shape index (κ3) is 2.91. The van der Waals surface area contributed by atoms with Gasteiger partial charge in [0.05, 0.1) is 0 Å². The third-order valence-corrected chi connectivity index (χ3v) is 2.65. The maximum absolute atomic E-state index is 11.6. The van der Waals surface area contributed by atoms with Crippen LogP contribution in [0.3, 0.4) is 0 Å². The van der Waals surface area contributed by atoms with Crippen molar-refractivity contribution in [2.24, 2.45) is 0 Å². The lowest BCUT2D eigenvalue weighted by Gasteiger charge is -2.12. The highest BCUT2D eigenvalue weighted by Crippen LogP contribution is 2.12. The summed E-state index contributed by atoms with van der Waals surface area (Å²) < 4.78 is 0. The summed E-state index contributed by atoms with van der Waals surface area (Å²) in [6.07, 6.45) is 2.17. The second-order valence-electron chi connectivity index (χ2n) is 3.95. The Balaban J connectivity index is 1.82. The molecule has 0 saturated carbocycles. The molecule has 1 aliphatic rings. The Hall–Kier alpha value is -2.24. The number of nitrogens with zero attached hydrogens (tertiary/aromatic N) is 2. The van der Waals surface area contributed by atoms with Gasteiger partial charge in [-0.1, -0.05) is 6.07 Å². The molecule has 1 aromatic heterocycles. The minimum Gasteiger partial charge on any atom is -0.311 e. The van der Waals surface area contributed by atoms with E-state index in [1.165, 1.54) is 0 Å². The van der Waals surface area contributed by atoms with Crippen molar-refractivity contribution in [3.05, 3.63) is 24.4 Å². The van der Waals surface area contributed by atoms with Crippen LogP contribution in [0.2, 0.25) is 0 Å². The van der Waals surface area contributed by atoms with Gasteiger partial charge >= 0.3 is 0 Å². The number of amides is 3. The molecule has 2 heterocycles. The summed E-state index contributed by atoms with van der Waals surface area (Å²) >= 11 is 0. The lowest BCUT2D eigenvalue weighted by molar-refractivity contribution is -0.138. The summed E-state index contributed by atoms with van der Waals surface area (Å²) in [6.45, 7) is 0.135. The van der Waals surface area contributed by atoms with E-state index >= 15 is 0 Å². The Labute approximate surface area is 104 Å². The van der Waals surface area contributed by atoms with Crippen LogP contribution in [0.4, 0.5) is 5.82 Å². The van der Waals surface area contributed by atoms with E-state index in [1.807, 2.05) is 0 Å². The van der Waals surface area contributed by atoms with Crippen molar-refractivity contribution < 1.29 is 14.4 Å². The number of hydrogen-bond acceptors (Lipinski definition) is 4. The zero-order valence-corrected chi connectivity index (χ0v) is 9.76. The molecule has 6 nitrogen and oxygen atoms in total. The van der Waals surface area contributed by atoms with Crippen LogP contribution in [0.15, 0.2) is 24.4 Å². The van der Waals surface area contributed by atoms with Crippen molar-refractivity contribution in [3.63, 3.8) is 0 Å². The molecule has 6 heteroatoms. The number of likely N-dealkylation sites (tertiary alicyclic amines) is 1. The van der Waals surface area contributed by atoms with E-state index in [9.17, 15) is 14.4 Å². The topological polar surface area (TPSA) is 79.4 Å². The SMILES string of the molecule is O=C(CCN1C(=O)CCC1=O)Nc1ccccn1. The highest BCUT2D eigenvalue weighted by molar-refractivity contribution is 6.02. The van der Waals surface area contributed by atoms with Gasteiger partial charge in [-0.05, 0) is 12.1 Å². The number of aromatic nitrogens is 1. The Morgan fingerprint density at radius 1 is 1.28 bits per heavy atom. The van der Waals surface area contributed by atoms with Gasteiger partial charge in [-0.15, -0.1) is 0 Å². The smallest absolute Gasteiger partial charge is 0.229 e. The van der Waals surface area contributed by atoms with E-state index in [-0.39, 0.29) is 43.5 Å². The van der Waals surface area contributed by atoms with Gasteiger partial charge in [0.25, 0.3) is 0 Å². The fraction of sp³-hybridized carbons (Fsp3) is 0.333. The molecule has 18 heavy (non-hydrogen) atoms. The molecule has 2 rings (SSSR count). The zero-order chi connectivity index (χ0) is 13.0. The fourth-order valence-corrected chi connectivity index (χ4v) is 1.73. The molecule has 1 saturated heterocycles. The molecule has 0 atom stereocenters. The van der Waals surface area contributed by atoms with Gasteiger partial charge in [-0.25, -0.2) is 4.98 Å². The molecule has 1 N–H and O–H groups in total. The van der Waals surface area contributed by atoms with Gasteiger partial charge in [0, 0.05) is 32.0 Å². The van der Waals surface area contributed by atoms with Crippen molar-refractivity contribution in [1.29, 1.82) is 0 Å². The maximum Gasteiger partial charge on any atom is 0.229 e. The number of hydrogen-bond donors (Lipinski definition) is 1. The average Bonchev–Trinajstić information content (AvgIpc) is 2.68. The van der Waals surface area contributed by atoms with Crippen LogP contribution in [0, 0.1) is 0 Å². The summed E-state index contributed by atoms with van der Waals surface area (Å²) in [5, 5.41) is 2.60. The first kappa shape index (κ1) is 12.2. The number of carbonyl (C=O) groups excluding carboxylic acids is 3. The number of carbonyl (C=O) groups is 3. The number of nitrogens with one attached hydrogen (secondary N) is 1. The van der Waals surface area contributed by atoms with E-state index in [0.717, 1.165) is 4.90 Å². The molecule has 0 unspecified atom stereocenters. The molecule has 0 aliphatic carbocycles. The normalized spacial score (nSPS) is 15.0. The van der Waals surface area contributed by atoms with Gasteiger partial charge in [0.15, 0.2) is 0 Å². The van der Waals surface area contributed by atoms with Crippen molar-refractivity contribution >= 4 is 23.5 Å². The molecular formula is C12H13N3O3. The van der Waals surface area contributed by atoms with E-state index in [1.54, 1.807) is 24.4 Å². The standard InChI is InChI=1S/C12H13N3O3/c16-10(14-9-3-1-2-7-13-9)6-8-15-11(17)4-5-12(15)18/h1-3,7H,4-6,8H2,(H,13,14,16). The summed E-state index contributed by atoms with van der Waals surface area (Å²) in [5.41, 5.74) is 0. The molecular weight excluding hydrogens is 234 g/mol. The Morgan fingerprint density at radius 3 is 2.61 bits per heavy atom. The summed E-state index contributed by atoms with van der Waals surface area (Å²) in [5.74, 6) is -0.209. The first-order chi connectivity index (χ1) is 8.66. The highest BCUT2D eigenvalue weighted by Gasteiger charge is 2.28. The van der Waals surface area contributed by atoms with Gasteiger partial charge in [0.2, 0.25) is 17.7 Å². The van der Waals surface area contributed by atoms with Gasteiger partial charge in [-0.2, -0.15) is 0 Å². The first-order valence-corrected chi connectivity index (χ1v) is 5.71. The second kappa shape index (κ2) is 5.39. The minimum absolute atomic E-state index is 0.0913. The van der Waals surface area contributed by atoms with E-state index in [4.69, 9.17) is 0 Å². The summed E-state index contributed by atoms with van der Waals surface area (Å²) in [4.78, 5) is 39.3. The predicted molar refractivity (Wildman–Crippen MR) is 63.4 cm³/mol. The van der Waals surface area contributed by atoms with Crippen LogP contribution >= 0.6 is 0 Å². The molecule has 94 valence electrons. The largest absolute Gasteiger partial charge is 0.311 e. The van der Waals surface area contributed by atoms with E-state index in [2.05, 4.69) is 10.3 Å². The van der Waals surface area contributed by atoms with Crippen molar-refractivity contribution in [2.75, 3.05) is 11.9 Å². The highest BCUT2D eigenvalue weighted by atomic mass is 16.2. The van der Waals surface area contributed by atoms with Crippen LogP contribution in [-0.4, -0.2) is 34.2 Å². The van der Waals surface area contributed by atoms with Gasteiger partial charge in [0.1, 0.15) is 5.82 Å². The fourth-order valence-electron chi connectivity index (χ4n) is 1.73. The van der Waals surface area contributed by atoms with Crippen LogP contribution in [-0.2, 0) is 14.4 Å². The Bertz CT molecular complexity index is 457. The quantitative estimate of drug-likeness (QED) is 0.788. The molecule has 0 radical (unpaired) electrons. The van der Waals surface area contributed by atoms with Crippen LogP contribution in [0.5, 0.6) is 0 Å². The van der Waals surface area contributed by atoms with E-state index in [0.29, 0.717) is 5.82 Å². The lowest BCUT2D eigenvalue weighted by Crippen LogP contribution is -2.32. The van der Waals surface area contributed by atoms with Gasteiger partial charge < -0.3 is 5.32 Å². The molecule has 3 amide bonds. The monoisotopic (exact) mass is 247 g/mol. The van der Waals surface area contributed by atoms with Crippen molar-refractivity contribution in [3.8, 4) is 0 Å². The van der Waals surface area contributed by atoms with Crippen LogP contribution in [0.1, 0.15) is 19.3 Å². The zero-order valence-electron chi connectivity index (χ0n) is 9.76. The molecule has 1 aliphatic heterocycles. The second-order valence-corrected chi connectivity index (χ2v) is 3.95. The van der Waals surface area contributed by atoms with Crippen LogP contribution in [0.25, 0.3) is 0 Å². The van der Waals surface area contributed by atoms with E-state index < -0.39 is 0 Å².